The molecule has 102 valence electrons. The van der Waals surface area contributed by atoms with Gasteiger partial charge in [0.1, 0.15) is 0 Å². The summed E-state index contributed by atoms with van der Waals surface area (Å²) in [5, 5.41) is 3.33. The summed E-state index contributed by atoms with van der Waals surface area (Å²) in [5.74, 6) is 2.48. The van der Waals surface area contributed by atoms with Gasteiger partial charge < -0.3 is 10.1 Å². The van der Waals surface area contributed by atoms with Gasteiger partial charge in [-0.2, -0.15) is 0 Å². The van der Waals surface area contributed by atoms with Crippen LogP contribution in [0.3, 0.4) is 0 Å². The molecule has 1 unspecified atom stereocenters. The van der Waals surface area contributed by atoms with Crippen LogP contribution in [0.4, 0.5) is 10.1 Å². The van der Waals surface area contributed by atoms with Gasteiger partial charge in [-0.1, -0.05) is 18.1 Å². The third kappa shape index (κ3) is 3.10. The van der Waals surface area contributed by atoms with Crippen molar-refractivity contribution >= 4 is 5.69 Å². The molecule has 0 spiro atoms. The van der Waals surface area contributed by atoms with E-state index < -0.39 is 0 Å². The fourth-order valence-electron chi connectivity index (χ4n) is 1.98. The Labute approximate surface area is 118 Å². The standard InChI is InChI=1S/C17H16FNO/c1-4-13-6-5-7-15(10-13)19-12(2)14-8-9-16(18)17(11-14)20-3/h1,5-12,19H,2-3H3. The van der Waals surface area contributed by atoms with Gasteiger partial charge in [0.15, 0.2) is 11.6 Å². The molecule has 0 fully saturated rings. The minimum atomic E-state index is -0.363. The van der Waals surface area contributed by atoms with Crippen LogP contribution < -0.4 is 10.1 Å². The second kappa shape index (κ2) is 6.12. The first kappa shape index (κ1) is 14.0. The first-order valence-electron chi connectivity index (χ1n) is 6.30. The van der Waals surface area contributed by atoms with E-state index in [1.807, 2.05) is 31.2 Å². The predicted molar refractivity (Wildman–Crippen MR) is 79.4 cm³/mol. The lowest BCUT2D eigenvalue weighted by molar-refractivity contribution is 0.385. The van der Waals surface area contributed by atoms with E-state index in [1.54, 1.807) is 12.1 Å². The number of rotatable bonds is 4. The van der Waals surface area contributed by atoms with Crippen molar-refractivity contribution in [2.75, 3.05) is 12.4 Å². The first-order chi connectivity index (χ1) is 9.63. The number of benzene rings is 2. The summed E-state index contributed by atoms with van der Waals surface area (Å²) in [6.07, 6.45) is 5.38. The molecule has 0 aromatic heterocycles. The topological polar surface area (TPSA) is 21.3 Å². The predicted octanol–water partition coefficient (Wildman–Crippen LogP) is 3.99. The summed E-state index contributed by atoms with van der Waals surface area (Å²) < 4.78 is 18.4. The van der Waals surface area contributed by atoms with E-state index in [1.165, 1.54) is 13.2 Å². The molecule has 0 radical (unpaired) electrons. The molecule has 2 nitrogen and oxygen atoms in total. The largest absolute Gasteiger partial charge is 0.494 e. The Morgan fingerprint density at radius 2 is 2.05 bits per heavy atom. The number of hydrogen-bond acceptors (Lipinski definition) is 2. The minimum Gasteiger partial charge on any atom is -0.494 e. The first-order valence-corrected chi connectivity index (χ1v) is 6.30. The monoisotopic (exact) mass is 269 g/mol. The van der Waals surface area contributed by atoms with Gasteiger partial charge in [-0.15, -0.1) is 6.42 Å². The number of terminal acetylenes is 1. The number of anilines is 1. The summed E-state index contributed by atoms with van der Waals surface area (Å²) in [7, 11) is 1.46. The van der Waals surface area contributed by atoms with Crippen molar-refractivity contribution in [2.24, 2.45) is 0 Å². The van der Waals surface area contributed by atoms with Crippen LogP contribution in [0, 0.1) is 18.2 Å². The Morgan fingerprint density at radius 1 is 1.25 bits per heavy atom. The maximum absolute atomic E-state index is 13.4. The van der Waals surface area contributed by atoms with E-state index in [2.05, 4.69) is 11.2 Å². The molecule has 2 rings (SSSR count). The third-order valence-corrected chi connectivity index (χ3v) is 3.09. The molecule has 1 atom stereocenters. The Kier molecular flexibility index (Phi) is 4.27. The van der Waals surface area contributed by atoms with Crippen molar-refractivity contribution in [1.82, 2.24) is 0 Å². The summed E-state index contributed by atoms with van der Waals surface area (Å²) >= 11 is 0. The van der Waals surface area contributed by atoms with Crippen molar-refractivity contribution in [2.45, 2.75) is 13.0 Å². The summed E-state index contributed by atoms with van der Waals surface area (Å²) in [5.41, 5.74) is 2.68. The summed E-state index contributed by atoms with van der Waals surface area (Å²) in [6.45, 7) is 2.00. The van der Waals surface area contributed by atoms with Crippen molar-refractivity contribution in [3.05, 3.63) is 59.4 Å². The van der Waals surface area contributed by atoms with Crippen LogP contribution in [0.25, 0.3) is 0 Å². The smallest absolute Gasteiger partial charge is 0.165 e. The second-order valence-corrected chi connectivity index (χ2v) is 4.49. The quantitative estimate of drug-likeness (QED) is 0.847. The molecule has 20 heavy (non-hydrogen) atoms. The average molecular weight is 269 g/mol. The SMILES string of the molecule is C#Cc1cccc(NC(C)c2ccc(F)c(OC)c2)c1. The van der Waals surface area contributed by atoms with Gasteiger partial charge in [-0.05, 0) is 42.8 Å². The number of halogens is 1. The van der Waals surface area contributed by atoms with Gasteiger partial charge in [0.05, 0.1) is 7.11 Å². The van der Waals surface area contributed by atoms with Crippen LogP contribution >= 0.6 is 0 Å². The fraction of sp³-hybridized carbons (Fsp3) is 0.176. The third-order valence-electron chi connectivity index (χ3n) is 3.09. The zero-order valence-electron chi connectivity index (χ0n) is 11.5. The molecule has 0 bridgehead atoms. The molecule has 3 heteroatoms. The average Bonchev–Trinajstić information content (AvgIpc) is 2.47. The fourth-order valence-corrected chi connectivity index (χ4v) is 1.98. The summed E-state index contributed by atoms with van der Waals surface area (Å²) in [4.78, 5) is 0. The molecule has 0 saturated heterocycles. The van der Waals surface area contributed by atoms with Crippen LogP contribution in [0.1, 0.15) is 24.1 Å². The molecule has 2 aromatic carbocycles. The number of ether oxygens (including phenoxy) is 1. The van der Waals surface area contributed by atoms with Gasteiger partial charge >= 0.3 is 0 Å². The molecule has 2 aromatic rings. The van der Waals surface area contributed by atoms with Crippen molar-refractivity contribution in [1.29, 1.82) is 0 Å². The Hall–Kier alpha value is -2.47. The molecular formula is C17H16FNO. The van der Waals surface area contributed by atoms with Crippen molar-refractivity contribution in [3.8, 4) is 18.1 Å². The lowest BCUT2D eigenvalue weighted by Gasteiger charge is -2.17. The second-order valence-electron chi connectivity index (χ2n) is 4.49. The van der Waals surface area contributed by atoms with Gasteiger partial charge in [-0.25, -0.2) is 4.39 Å². The molecule has 0 aliphatic heterocycles. The Bertz CT molecular complexity index is 646. The lowest BCUT2D eigenvalue weighted by Crippen LogP contribution is -2.07. The van der Waals surface area contributed by atoms with E-state index in [0.717, 1.165) is 16.8 Å². The zero-order valence-corrected chi connectivity index (χ0v) is 11.5. The maximum atomic E-state index is 13.4. The van der Waals surface area contributed by atoms with E-state index >= 15 is 0 Å². The van der Waals surface area contributed by atoms with Crippen molar-refractivity contribution in [3.63, 3.8) is 0 Å². The lowest BCUT2D eigenvalue weighted by atomic mass is 10.1. The molecule has 1 N–H and O–H groups in total. The van der Waals surface area contributed by atoms with Gasteiger partial charge in [-0.3, -0.25) is 0 Å². The van der Waals surface area contributed by atoms with Crippen LogP contribution in [0.2, 0.25) is 0 Å². The van der Waals surface area contributed by atoms with Crippen LogP contribution in [-0.4, -0.2) is 7.11 Å². The molecular weight excluding hydrogens is 253 g/mol. The molecule has 0 saturated carbocycles. The van der Waals surface area contributed by atoms with E-state index in [9.17, 15) is 4.39 Å². The van der Waals surface area contributed by atoms with Gasteiger partial charge in [0.25, 0.3) is 0 Å². The number of nitrogens with one attached hydrogen (secondary N) is 1. The Balaban J connectivity index is 2.19. The highest BCUT2D eigenvalue weighted by atomic mass is 19.1. The van der Waals surface area contributed by atoms with E-state index in [4.69, 9.17) is 11.2 Å². The van der Waals surface area contributed by atoms with Crippen molar-refractivity contribution < 1.29 is 9.13 Å². The normalized spacial score (nSPS) is 11.5. The highest BCUT2D eigenvalue weighted by Crippen LogP contribution is 2.25. The van der Waals surface area contributed by atoms with Gasteiger partial charge in [0, 0.05) is 17.3 Å². The van der Waals surface area contributed by atoms with E-state index in [0.29, 0.717) is 0 Å². The summed E-state index contributed by atoms with van der Waals surface area (Å²) in [6, 6.07) is 12.5. The molecule has 0 amide bonds. The van der Waals surface area contributed by atoms with Crippen LogP contribution in [-0.2, 0) is 0 Å². The molecule has 0 heterocycles. The maximum Gasteiger partial charge on any atom is 0.165 e. The Morgan fingerprint density at radius 3 is 2.75 bits per heavy atom. The number of hydrogen-bond donors (Lipinski definition) is 1. The van der Waals surface area contributed by atoms with Crippen LogP contribution in [0.15, 0.2) is 42.5 Å². The highest BCUT2D eigenvalue weighted by Gasteiger charge is 2.09. The minimum absolute atomic E-state index is 0.0116. The van der Waals surface area contributed by atoms with E-state index in [-0.39, 0.29) is 17.6 Å². The van der Waals surface area contributed by atoms with Gasteiger partial charge in [0.2, 0.25) is 0 Å². The molecule has 0 aliphatic carbocycles. The number of methoxy groups -OCH3 is 1. The highest BCUT2D eigenvalue weighted by molar-refractivity contribution is 5.51. The molecule has 0 aliphatic rings. The zero-order chi connectivity index (χ0) is 14.5. The van der Waals surface area contributed by atoms with Crippen LogP contribution in [0.5, 0.6) is 5.75 Å².